The van der Waals surface area contributed by atoms with Gasteiger partial charge in [-0.25, -0.2) is 9.59 Å². The Labute approximate surface area is 165 Å². The Morgan fingerprint density at radius 3 is 2.07 bits per heavy atom. The third-order valence-electron chi connectivity index (χ3n) is 4.30. The van der Waals surface area contributed by atoms with Crippen LogP contribution in [-0.2, 0) is 19.1 Å². The summed E-state index contributed by atoms with van der Waals surface area (Å²) in [5.74, 6) is -1.29. The number of cyclic esters (lactones) is 2. The maximum atomic E-state index is 12.0. The lowest BCUT2D eigenvalue weighted by molar-refractivity contribution is -0.145. The van der Waals surface area contributed by atoms with E-state index < -0.39 is 48.6 Å². The Kier molecular flexibility index (Phi) is 11.0. The maximum absolute atomic E-state index is 12.0. The molecular weight excluding hydrogens is 368 g/mol. The maximum Gasteiger partial charge on any atom is 0.330 e. The normalized spacial score (nSPS) is 32.7. The third kappa shape index (κ3) is 11.2. The van der Waals surface area contributed by atoms with Crippen LogP contribution in [0.25, 0.3) is 0 Å². The molecule has 0 aromatic rings. The van der Waals surface area contributed by atoms with Gasteiger partial charge in [-0.3, -0.25) is 0 Å². The zero-order chi connectivity index (χ0) is 21.1. The Bertz CT molecular complexity index is 542. The van der Waals surface area contributed by atoms with Gasteiger partial charge >= 0.3 is 11.9 Å². The second-order valence-corrected chi connectivity index (χ2v) is 7.29. The highest BCUT2D eigenvalue weighted by Crippen LogP contribution is 2.15. The lowest BCUT2D eigenvalue weighted by Gasteiger charge is -2.20. The zero-order valence-electron chi connectivity index (χ0n) is 16.4. The van der Waals surface area contributed by atoms with Gasteiger partial charge < -0.3 is 29.9 Å². The number of aliphatic hydroxyl groups is 4. The first-order chi connectivity index (χ1) is 13.2. The first kappa shape index (κ1) is 24.3. The molecule has 0 fully saturated rings. The van der Waals surface area contributed by atoms with Gasteiger partial charge in [-0.15, -0.1) is 0 Å². The molecule has 28 heavy (non-hydrogen) atoms. The molecule has 0 radical (unpaired) electrons. The van der Waals surface area contributed by atoms with Gasteiger partial charge in [0.2, 0.25) is 0 Å². The van der Waals surface area contributed by atoms with E-state index in [1.54, 1.807) is 13.8 Å². The molecule has 0 aliphatic carbocycles. The fourth-order valence-corrected chi connectivity index (χ4v) is 2.89. The number of rotatable bonds is 2. The van der Waals surface area contributed by atoms with Crippen molar-refractivity contribution in [3.8, 4) is 0 Å². The van der Waals surface area contributed by atoms with Crippen molar-refractivity contribution in [2.45, 2.75) is 89.0 Å². The first-order valence-electron chi connectivity index (χ1n) is 9.65. The summed E-state index contributed by atoms with van der Waals surface area (Å²) in [6, 6.07) is 0. The molecule has 0 saturated carbocycles. The molecule has 0 saturated heterocycles. The SMILES string of the molecule is CC(O)CC1CCC(O)C=CC(=O)OC(C)CC(O)CCC(O)C=CC(=O)O1. The van der Waals surface area contributed by atoms with E-state index >= 15 is 0 Å². The van der Waals surface area contributed by atoms with E-state index in [0.717, 1.165) is 12.2 Å². The van der Waals surface area contributed by atoms with Crippen LogP contribution >= 0.6 is 0 Å². The Hall–Kier alpha value is -1.74. The Balaban J connectivity index is 2.84. The van der Waals surface area contributed by atoms with Gasteiger partial charge in [0.05, 0.1) is 24.4 Å². The van der Waals surface area contributed by atoms with E-state index in [-0.39, 0.29) is 38.5 Å². The van der Waals surface area contributed by atoms with Gasteiger partial charge in [0, 0.05) is 25.0 Å². The second kappa shape index (κ2) is 12.7. The van der Waals surface area contributed by atoms with Crippen molar-refractivity contribution in [3.05, 3.63) is 24.3 Å². The summed E-state index contributed by atoms with van der Waals surface area (Å²) in [6.07, 6.45) is 1.75. The summed E-state index contributed by atoms with van der Waals surface area (Å²) in [4.78, 5) is 23.7. The van der Waals surface area contributed by atoms with Crippen molar-refractivity contribution in [2.24, 2.45) is 0 Å². The number of hydrogen-bond donors (Lipinski definition) is 4. The summed E-state index contributed by atoms with van der Waals surface area (Å²) < 4.78 is 10.4. The predicted molar refractivity (Wildman–Crippen MR) is 101 cm³/mol. The highest BCUT2D eigenvalue weighted by Gasteiger charge is 2.19. The lowest BCUT2D eigenvalue weighted by atomic mass is 10.0. The molecule has 160 valence electrons. The average Bonchev–Trinajstić information content (AvgIpc) is 2.59. The highest BCUT2D eigenvalue weighted by atomic mass is 16.5. The quantitative estimate of drug-likeness (QED) is 0.499. The summed E-state index contributed by atoms with van der Waals surface area (Å²) >= 11 is 0. The van der Waals surface area contributed by atoms with Crippen LogP contribution in [0.3, 0.4) is 0 Å². The average molecular weight is 400 g/mol. The summed E-state index contributed by atoms with van der Waals surface area (Å²) in [5, 5.41) is 39.5. The van der Waals surface area contributed by atoms with Gasteiger partial charge in [-0.05, 0) is 51.7 Å². The second-order valence-electron chi connectivity index (χ2n) is 7.29. The molecule has 0 amide bonds. The fraction of sp³-hybridized carbons (Fsp3) is 0.700. The van der Waals surface area contributed by atoms with Crippen molar-refractivity contribution in [1.29, 1.82) is 0 Å². The van der Waals surface area contributed by atoms with E-state index in [4.69, 9.17) is 9.47 Å². The summed E-state index contributed by atoms with van der Waals surface area (Å²) in [7, 11) is 0. The van der Waals surface area contributed by atoms with Crippen molar-refractivity contribution in [3.63, 3.8) is 0 Å². The van der Waals surface area contributed by atoms with Crippen molar-refractivity contribution < 1.29 is 39.5 Å². The first-order valence-corrected chi connectivity index (χ1v) is 9.65. The monoisotopic (exact) mass is 400 g/mol. The smallest absolute Gasteiger partial charge is 0.330 e. The van der Waals surface area contributed by atoms with Crippen molar-refractivity contribution in [1.82, 2.24) is 0 Å². The largest absolute Gasteiger partial charge is 0.459 e. The van der Waals surface area contributed by atoms with Gasteiger partial charge in [-0.1, -0.05) is 0 Å². The fourth-order valence-electron chi connectivity index (χ4n) is 2.89. The third-order valence-corrected chi connectivity index (χ3v) is 4.30. The molecule has 1 aliphatic heterocycles. The number of ether oxygens (including phenoxy) is 2. The van der Waals surface area contributed by atoms with E-state index in [0.29, 0.717) is 0 Å². The zero-order valence-corrected chi connectivity index (χ0v) is 16.4. The molecule has 1 heterocycles. The van der Waals surface area contributed by atoms with Crippen LogP contribution in [0.4, 0.5) is 0 Å². The van der Waals surface area contributed by atoms with Crippen molar-refractivity contribution >= 4 is 11.9 Å². The van der Waals surface area contributed by atoms with E-state index in [9.17, 15) is 30.0 Å². The number of hydrogen-bond acceptors (Lipinski definition) is 8. The molecule has 6 unspecified atom stereocenters. The highest BCUT2D eigenvalue weighted by molar-refractivity contribution is 5.82. The van der Waals surface area contributed by atoms with Gasteiger partial charge in [0.25, 0.3) is 0 Å². The standard InChI is InChI=1S/C20H32O8/c1-13(21)11-18-8-5-16(23)6-9-19(25)27-14(2)12-17(24)4-3-15(22)7-10-20(26)28-18/h6-7,9-10,13-18,21-24H,3-5,8,11-12H2,1-2H3. The molecule has 0 aromatic heterocycles. The number of carbonyl (C=O) groups excluding carboxylic acids is 2. The van der Waals surface area contributed by atoms with Crippen molar-refractivity contribution in [2.75, 3.05) is 0 Å². The summed E-state index contributed by atoms with van der Waals surface area (Å²) in [5.41, 5.74) is 0. The molecule has 0 spiro atoms. The van der Waals surface area contributed by atoms with Crippen LogP contribution in [-0.4, -0.2) is 69.0 Å². The molecule has 8 heteroatoms. The number of esters is 2. The van der Waals surface area contributed by atoms with Crippen LogP contribution < -0.4 is 0 Å². The Morgan fingerprint density at radius 2 is 1.50 bits per heavy atom. The molecule has 8 nitrogen and oxygen atoms in total. The van der Waals surface area contributed by atoms with Crippen LogP contribution in [0.15, 0.2) is 24.3 Å². The lowest BCUT2D eigenvalue weighted by Crippen LogP contribution is -2.24. The number of aliphatic hydroxyl groups excluding tert-OH is 4. The van der Waals surface area contributed by atoms with Crippen LogP contribution in [0.5, 0.6) is 0 Å². The minimum atomic E-state index is -0.945. The van der Waals surface area contributed by atoms with E-state index in [1.807, 2.05) is 0 Å². The van der Waals surface area contributed by atoms with Gasteiger partial charge in [-0.2, -0.15) is 0 Å². The van der Waals surface area contributed by atoms with Gasteiger partial charge in [0.15, 0.2) is 0 Å². The number of carbonyl (C=O) groups is 2. The molecule has 0 bridgehead atoms. The minimum absolute atomic E-state index is 0.199. The minimum Gasteiger partial charge on any atom is -0.459 e. The molecule has 1 aliphatic rings. The molecule has 4 N–H and O–H groups in total. The topological polar surface area (TPSA) is 134 Å². The van der Waals surface area contributed by atoms with E-state index in [2.05, 4.69) is 0 Å². The van der Waals surface area contributed by atoms with Gasteiger partial charge in [0.1, 0.15) is 12.2 Å². The van der Waals surface area contributed by atoms with Crippen LogP contribution in [0.2, 0.25) is 0 Å². The molecule has 6 atom stereocenters. The Morgan fingerprint density at radius 1 is 0.964 bits per heavy atom. The van der Waals surface area contributed by atoms with E-state index in [1.165, 1.54) is 12.2 Å². The predicted octanol–water partition coefficient (Wildman–Crippen LogP) is 0.760. The molecule has 0 aromatic carbocycles. The summed E-state index contributed by atoms with van der Waals surface area (Å²) in [6.45, 7) is 3.22. The van der Waals surface area contributed by atoms with Crippen LogP contribution in [0, 0.1) is 0 Å². The molecular formula is C20H32O8. The molecule has 1 rings (SSSR count). The van der Waals surface area contributed by atoms with Crippen LogP contribution in [0.1, 0.15) is 52.4 Å².